The van der Waals surface area contributed by atoms with Gasteiger partial charge in [0.1, 0.15) is 0 Å². The average molecular weight is 233 g/mol. The van der Waals surface area contributed by atoms with E-state index in [0.717, 1.165) is 5.69 Å². The molecule has 2 heterocycles. The van der Waals surface area contributed by atoms with E-state index in [0.29, 0.717) is 17.6 Å². The summed E-state index contributed by atoms with van der Waals surface area (Å²) in [4.78, 5) is 8.03. The van der Waals surface area contributed by atoms with Crippen LogP contribution in [0.15, 0.2) is 18.3 Å². The highest BCUT2D eigenvalue weighted by molar-refractivity contribution is 5.34. The van der Waals surface area contributed by atoms with E-state index in [4.69, 9.17) is 10.5 Å². The fraction of sp³-hybridized carbons (Fsp3) is 0.364. The van der Waals surface area contributed by atoms with Crippen LogP contribution in [0, 0.1) is 0 Å². The van der Waals surface area contributed by atoms with Crippen LogP contribution in [0.1, 0.15) is 25.5 Å². The van der Waals surface area contributed by atoms with Gasteiger partial charge in [-0.05, 0) is 12.0 Å². The molecule has 0 atom stereocenters. The molecule has 0 spiro atoms. The van der Waals surface area contributed by atoms with Crippen molar-refractivity contribution in [1.29, 1.82) is 0 Å². The van der Waals surface area contributed by atoms with Gasteiger partial charge in [0.25, 0.3) is 0 Å². The Morgan fingerprint density at radius 1 is 1.35 bits per heavy atom. The molecule has 2 N–H and O–H groups in total. The van der Waals surface area contributed by atoms with Gasteiger partial charge in [-0.3, -0.25) is 0 Å². The molecule has 0 aliphatic rings. The summed E-state index contributed by atoms with van der Waals surface area (Å²) in [6.45, 7) is 4.17. The third-order valence-corrected chi connectivity index (χ3v) is 2.35. The maximum absolute atomic E-state index is 5.60. The smallest absolute Gasteiger partial charge is 0.225 e. The maximum Gasteiger partial charge on any atom is 0.225 e. The molecule has 6 heteroatoms. The van der Waals surface area contributed by atoms with Gasteiger partial charge in [0.15, 0.2) is 5.82 Å². The molecule has 0 aliphatic carbocycles. The minimum Gasteiger partial charge on any atom is -0.481 e. The van der Waals surface area contributed by atoms with Crippen LogP contribution in [-0.2, 0) is 0 Å². The van der Waals surface area contributed by atoms with Gasteiger partial charge in [-0.15, -0.1) is 0 Å². The van der Waals surface area contributed by atoms with E-state index in [-0.39, 0.29) is 5.95 Å². The molecule has 0 bridgehead atoms. The van der Waals surface area contributed by atoms with E-state index in [1.54, 1.807) is 10.7 Å². The quantitative estimate of drug-likeness (QED) is 0.866. The Labute approximate surface area is 99.4 Å². The first-order valence-corrected chi connectivity index (χ1v) is 5.34. The summed E-state index contributed by atoms with van der Waals surface area (Å²) in [6.07, 6.45) is 1.84. The van der Waals surface area contributed by atoms with Crippen molar-refractivity contribution in [2.75, 3.05) is 12.8 Å². The van der Waals surface area contributed by atoms with Crippen molar-refractivity contribution in [3.05, 3.63) is 24.0 Å². The summed E-state index contributed by atoms with van der Waals surface area (Å²) in [5.74, 6) is 1.56. The zero-order valence-electron chi connectivity index (χ0n) is 10.1. The number of nitrogen functional groups attached to an aromatic ring is 1. The van der Waals surface area contributed by atoms with Crippen molar-refractivity contribution in [3.8, 4) is 11.7 Å². The summed E-state index contributed by atoms with van der Waals surface area (Å²) < 4.78 is 6.70. The number of ether oxygens (including phenoxy) is 1. The monoisotopic (exact) mass is 233 g/mol. The Kier molecular flexibility index (Phi) is 2.95. The fourth-order valence-corrected chi connectivity index (χ4v) is 1.43. The molecule has 90 valence electrons. The summed E-state index contributed by atoms with van der Waals surface area (Å²) in [6, 6.07) is 3.64. The van der Waals surface area contributed by atoms with Crippen molar-refractivity contribution in [1.82, 2.24) is 19.7 Å². The van der Waals surface area contributed by atoms with E-state index in [1.807, 2.05) is 12.3 Å². The van der Waals surface area contributed by atoms with Gasteiger partial charge in [-0.2, -0.15) is 15.1 Å². The summed E-state index contributed by atoms with van der Waals surface area (Å²) in [5, 5.41) is 4.41. The highest BCUT2D eigenvalue weighted by Crippen LogP contribution is 2.16. The molecule has 0 fully saturated rings. The molecular formula is C11H15N5O. The second kappa shape index (κ2) is 4.40. The van der Waals surface area contributed by atoms with E-state index in [1.165, 1.54) is 7.11 Å². The lowest BCUT2D eigenvalue weighted by Crippen LogP contribution is -2.05. The number of anilines is 1. The predicted octanol–water partition coefficient (Wildman–Crippen LogP) is 1.38. The maximum atomic E-state index is 5.60. The van der Waals surface area contributed by atoms with Crippen molar-refractivity contribution < 1.29 is 4.74 Å². The summed E-state index contributed by atoms with van der Waals surface area (Å²) in [7, 11) is 1.54. The molecule has 0 radical (unpaired) electrons. The van der Waals surface area contributed by atoms with Crippen LogP contribution in [0.2, 0.25) is 0 Å². The normalized spacial score (nSPS) is 10.8. The molecular weight excluding hydrogens is 218 g/mol. The van der Waals surface area contributed by atoms with Gasteiger partial charge in [-0.25, -0.2) is 4.68 Å². The lowest BCUT2D eigenvalue weighted by molar-refractivity contribution is 0.397. The minimum atomic E-state index is 0.168. The van der Waals surface area contributed by atoms with Gasteiger partial charge >= 0.3 is 0 Å². The summed E-state index contributed by atoms with van der Waals surface area (Å²) in [5.41, 5.74) is 6.60. The number of rotatable bonds is 3. The SMILES string of the molecule is COc1cc(-n2ccc(C(C)C)n2)nc(N)n1. The van der Waals surface area contributed by atoms with Crippen molar-refractivity contribution >= 4 is 5.95 Å². The Morgan fingerprint density at radius 2 is 2.12 bits per heavy atom. The van der Waals surface area contributed by atoms with Gasteiger partial charge in [-0.1, -0.05) is 13.8 Å². The summed E-state index contributed by atoms with van der Waals surface area (Å²) >= 11 is 0. The van der Waals surface area contributed by atoms with Crippen molar-refractivity contribution in [2.45, 2.75) is 19.8 Å². The molecule has 2 aromatic rings. The molecule has 0 amide bonds. The van der Waals surface area contributed by atoms with E-state index in [2.05, 4.69) is 28.9 Å². The van der Waals surface area contributed by atoms with Crippen LogP contribution >= 0.6 is 0 Å². The van der Waals surface area contributed by atoms with Crippen LogP contribution < -0.4 is 10.5 Å². The second-order valence-electron chi connectivity index (χ2n) is 3.97. The number of nitrogens with two attached hydrogens (primary N) is 1. The Morgan fingerprint density at radius 3 is 2.71 bits per heavy atom. The lowest BCUT2D eigenvalue weighted by atomic mass is 10.1. The second-order valence-corrected chi connectivity index (χ2v) is 3.97. The van der Waals surface area contributed by atoms with Gasteiger partial charge < -0.3 is 10.5 Å². The largest absolute Gasteiger partial charge is 0.481 e. The van der Waals surface area contributed by atoms with Crippen LogP contribution in [0.4, 0.5) is 5.95 Å². The van der Waals surface area contributed by atoms with Crippen LogP contribution in [0.3, 0.4) is 0 Å². The van der Waals surface area contributed by atoms with Gasteiger partial charge in [0.05, 0.1) is 12.8 Å². The van der Waals surface area contributed by atoms with Crippen LogP contribution in [0.5, 0.6) is 5.88 Å². The minimum absolute atomic E-state index is 0.168. The van der Waals surface area contributed by atoms with E-state index >= 15 is 0 Å². The molecule has 17 heavy (non-hydrogen) atoms. The number of methoxy groups -OCH3 is 1. The van der Waals surface area contributed by atoms with E-state index in [9.17, 15) is 0 Å². The molecule has 2 rings (SSSR count). The third kappa shape index (κ3) is 2.35. The molecule has 0 saturated carbocycles. The van der Waals surface area contributed by atoms with Crippen LogP contribution in [0.25, 0.3) is 5.82 Å². The molecule has 2 aromatic heterocycles. The lowest BCUT2D eigenvalue weighted by Gasteiger charge is -2.04. The number of aromatic nitrogens is 4. The topological polar surface area (TPSA) is 78.8 Å². The zero-order chi connectivity index (χ0) is 12.4. The first-order chi connectivity index (χ1) is 8.10. The number of nitrogens with zero attached hydrogens (tertiary/aromatic N) is 4. The highest BCUT2D eigenvalue weighted by Gasteiger charge is 2.08. The zero-order valence-corrected chi connectivity index (χ0v) is 10.1. The molecule has 6 nitrogen and oxygen atoms in total. The number of hydrogen-bond acceptors (Lipinski definition) is 5. The predicted molar refractivity (Wildman–Crippen MR) is 64.2 cm³/mol. The van der Waals surface area contributed by atoms with Crippen molar-refractivity contribution in [2.24, 2.45) is 0 Å². The standard InChI is InChI=1S/C11H15N5O/c1-7(2)8-4-5-16(15-8)9-6-10(17-3)14-11(12)13-9/h4-7H,1-3H3,(H2,12,13,14). The van der Waals surface area contributed by atoms with E-state index < -0.39 is 0 Å². The van der Waals surface area contributed by atoms with Gasteiger partial charge in [0, 0.05) is 12.3 Å². The average Bonchev–Trinajstić information content (AvgIpc) is 2.77. The fourth-order valence-electron chi connectivity index (χ4n) is 1.43. The van der Waals surface area contributed by atoms with Crippen LogP contribution in [-0.4, -0.2) is 26.9 Å². The first kappa shape index (κ1) is 11.4. The van der Waals surface area contributed by atoms with Gasteiger partial charge in [0.2, 0.25) is 11.8 Å². The molecule has 0 unspecified atom stereocenters. The third-order valence-electron chi connectivity index (χ3n) is 2.35. The Balaban J connectivity index is 2.41. The first-order valence-electron chi connectivity index (χ1n) is 5.34. The number of hydrogen-bond donors (Lipinski definition) is 1. The van der Waals surface area contributed by atoms with Crippen molar-refractivity contribution in [3.63, 3.8) is 0 Å². The molecule has 0 aromatic carbocycles. The Bertz CT molecular complexity index is 520. The molecule has 0 saturated heterocycles. The molecule has 0 aliphatic heterocycles. The Hall–Kier alpha value is -2.11. The highest BCUT2D eigenvalue weighted by atomic mass is 16.5.